The molecule has 1 aliphatic rings. The average Bonchev–Trinajstić information content (AvgIpc) is 3.25. The number of hydrogen-bond donors (Lipinski definition) is 0. The van der Waals surface area contributed by atoms with E-state index in [0.717, 1.165) is 22.3 Å². The molecule has 33 heavy (non-hydrogen) atoms. The number of esters is 1. The zero-order valence-corrected chi connectivity index (χ0v) is 20.2. The fourth-order valence-electron chi connectivity index (χ4n) is 4.18. The predicted octanol–water partition coefficient (Wildman–Crippen LogP) is 7.72. The number of hydrogen-bond acceptors (Lipinski definition) is 3. The van der Waals surface area contributed by atoms with Gasteiger partial charge in [-0.15, -0.1) is 0 Å². The van der Waals surface area contributed by atoms with Crippen LogP contribution in [0.1, 0.15) is 67.7 Å². The van der Waals surface area contributed by atoms with Crippen molar-refractivity contribution in [2.75, 3.05) is 0 Å². The molecule has 0 radical (unpaired) electrons. The molecule has 3 aromatic rings. The van der Waals surface area contributed by atoms with E-state index in [4.69, 9.17) is 21.1 Å². The maximum atomic E-state index is 13.6. The molecule has 2 atom stereocenters. The van der Waals surface area contributed by atoms with Crippen molar-refractivity contribution in [2.45, 2.75) is 51.6 Å². The first kappa shape index (κ1) is 23.1. The van der Waals surface area contributed by atoms with Gasteiger partial charge in [-0.1, -0.05) is 87.8 Å². The van der Waals surface area contributed by atoms with E-state index >= 15 is 0 Å². The number of carbonyl (C=O) groups is 1. The fourth-order valence-corrected chi connectivity index (χ4v) is 4.30. The summed E-state index contributed by atoms with van der Waals surface area (Å²) in [5.74, 6) is 1.12. The third-order valence-corrected chi connectivity index (χ3v) is 6.23. The maximum absolute atomic E-state index is 13.6. The lowest BCUT2D eigenvalue weighted by Crippen LogP contribution is -2.31. The van der Waals surface area contributed by atoms with Crippen LogP contribution in [0.15, 0.2) is 78.9 Å². The third kappa shape index (κ3) is 4.99. The van der Waals surface area contributed by atoms with Crippen LogP contribution in [-0.4, -0.2) is 12.1 Å². The molecule has 0 bridgehead atoms. The van der Waals surface area contributed by atoms with Gasteiger partial charge in [-0.3, -0.25) is 0 Å². The van der Waals surface area contributed by atoms with Crippen molar-refractivity contribution in [1.82, 2.24) is 0 Å². The minimum Gasteiger partial charge on any atom is -0.477 e. The van der Waals surface area contributed by atoms with E-state index in [-0.39, 0.29) is 23.7 Å². The van der Waals surface area contributed by atoms with E-state index in [1.54, 1.807) is 0 Å². The van der Waals surface area contributed by atoms with Crippen LogP contribution in [0.25, 0.3) is 5.76 Å². The van der Waals surface area contributed by atoms with E-state index in [2.05, 4.69) is 27.7 Å². The van der Waals surface area contributed by atoms with Gasteiger partial charge in [-0.05, 0) is 58.9 Å². The molecule has 1 heterocycles. The molecule has 0 saturated carbocycles. The van der Waals surface area contributed by atoms with Gasteiger partial charge < -0.3 is 9.47 Å². The fraction of sp³-hybridized carbons (Fsp3) is 0.276. The van der Waals surface area contributed by atoms with Crippen molar-refractivity contribution >= 4 is 23.3 Å². The second kappa shape index (κ2) is 9.84. The molecule has 0 amide bonds. The Balaban J connectivity index is 1.69. The van der Waals surface area contributed by atoms with Gasteiger partial charge in [0, 0.05) is 10.6 Å². The largest absolute Gasteiger partial charge is 0.477 e. The first-order chi connectivity index (χ1) is 15.8. The molecule has 4 heteroatoms. The highest BCUT2D eigenvalue weighted by atomic mass is 35.5. The summed E-state index contributed by atoms with van der Waals surface area (Å²) in [4.78, 5) is 13.6. The Morgan fingerprint density at radius 1 is 0.848 bits per heavy atom. The highest BCUT2D eigenvalue weighted by molar-refractivity contribution is 6.30. The van der Waals surface area contributed by atoms with Crippen LogP contribution in [0.2, 0.25) is 5.02 Å². The minimum absolute atomic E-state index is 0.226. The Morgan fingerprint density at radius 2 is 1.45 bits per heavy atom. The van der Waals surface area contributed by atoms with Crippen LogP contribution in [0.5, 0.6) is 5.75 Å². The van der Waals surface area contributed by atoms with Gasteiger partial charge in [0.2, 0.25) is 6.10 Å². The molecule has 3 nitrogen and oxygen atoms in total. The Kier molecular flexibility index (Phi) is 6.90. The Labute approximate surface area is 201 Å². The van der Waals surface area contributed by atoms with E-state index in [9.17, 15) is 4.79 Å². The molecule has 0 spiro atoms. The third-order valence-electron chi connectivity index (χ3n) is 5.98. The standard InChI is InChI=1S/C29H29ClO3/c1-18(2)23-11-8-12-24(19(3)4)27(23)33-29(31)28-25(20-9-6-5-7-10-20)17-26(32-28)21-13-15-22(30)16-14-21/h5-19,25,28H,1-4H3/t25-,28+/m0/s1. The van der Waals surface area contributed by atoms with E-state index < -0.39 is 6.10 Å². The summed E-state index contributed by atoms with van der Waals surface area (Å²) >= 11 is 6.06. The topological polar surface area (TPSA) is 35.5 Å². The van der Waals surface area contributed by atoms with Crippen LogP contribution in [0.4, 0.5) is 0 Å². The number of ether oxygens (including phenoxy) is 2. The van der Waals surface area contributed by atoms with Crippen molar-refractivity contribution in [1.29, 1.82) is 0 Å². The zero-order chi connectivity index (χ0) is 23.5. The van der Waals surface area contributed by atoms with Gasteiger partial charge in [0.15, 0.2) is 0 Å². The number of benzene rings is 3. The van der Waals surface area contributed by atoms with Gasteiger partial charge in [-0.2, -0.15) is 0 Å². The molecule has 3 aromatic carbocycles. The van der Waals surface area contributed by atoms with Crippen LogP contribution in [-0.2, 0) is 9.53 Å². The minimum atomic E-state index is -0.779. The second-order valence-electron chi connectivity index (χ2n) is 9.01. The van der Waals surface area contributed by atoms with Crippen molar-refractivity contribution in [3.63, 3.8) is 0 Å². The van der Waals surface area contributed by atoms with Crippen molar-refractivity contribution < 1.29 is 14.3 Å². The smallest absolute Gasteiger partial charge is 0.353 e. The molecular weight excluding hydrogens is 432 g/mol. The Morgan fingerprint density at radius 3 is 2.03 bits per heavy atom. The van der Waals surface area contributed by atoms with Gasteiger partial charge in [0.05, 0.1) is 5.92 Å². The van der Waals surface area contributed by atoms with Crippen LogP contribution in [0, 0.1) is 0 Å². The molecule has 0 fully saturated rings. The normalized spacial score (nSPS) is 17.7. The van der Waals surface area contributed by atoms with E-state index in [1.165, 1.54) is 0 Å². The van der Waals surface area contributed by atoms with Crippen molar-refractivity contribution in [3.05, 3.63) is 106 Å². The molecule has 4 rings (SSSR count). The molecular formula is C29H29ClO3. The number of rotatable bonds is 6. The highest BCUT2D eigenvalue weighted by Crippen LogP contribution is 2.40. The van der Waals surface area contributed by atoms with Crippen molar-refractivity contribution in [3.8, 4) is 5.75 Å². The van der Waals surface area contributed by atoms with E-state index in [0.29, 0.717) is 16.5 Å². The van der Waals surface area contributed by atoms with Gasteiger partial charge in [0.1, 0.15) is 11.5 Å². The Hall–Kier alpha value is -3.04. The van der Waals surface area contributed by atoms with Crippen LogP contribution >= 0.6 is 11.6 Å². The lowest BCUT2D eigenvalue weighted by molar-refractivity contribution is -0.143. The average molecular weight is 461 g/mol. The highest BCUT2D eigenvalue weighted by Gasteiger charge is 2.38. The van der Waals surface area contributed by atoms with Crippen molar-refractivity contribution in [2.24, 2.45) is 0 Å². The molecule has 0 saturated heterocycles. The molecule has 170 valence electrons. The maximum Gasteiger partial charge on any atom is 0.353 e. The van der Waals surface area contributed by atoms with Crippen LogP contribution < -0.4 is 4.74 Å². The summed E-state index contributed by atoms with van der Waals surface area (Å²) in [6.45, 7) is 8.43. The first-order valence-electron chi connectivity index (χ1n) is 11.4. The summed E-state index contributed by atoms with van der Waals surface area (Å²) in [5.41, 5.74) is 3.93. The lowest BCUT2D eigenvalue weighted by atomic mass is 9.93. The quantitative estimate of drug-likeness (QED) is 0.279. The lowest BCUT2D eigenvalue weighted by Gasteiger charge is -2.23. The first-order valence-corrected chi connectivity index (χ1v) is 11.8. The Bertz CT molecular complexity index is 1120. The van der Waals surface area contributed by atoms with Gasteiger partial charge in [0.25, 0.3) is 0 Å². The zero-order valence-electron chi connectivity index (χ0n) is 19.4. The molecule has 0 aromatic heterocycles. The summed E-state index contributed by atoms with van der Waals surface area (Å²) in [5, 5.41) is 0.652. The van der Waals surface area contributed by atoms with Gasteiger partial charge >= 0.3 is 5.97 Å². The van der Waals surface area contributed by atoms with E-state index in [1.807, 2.05) is 78.9 Å². The predicted molar refractivity (Wildman–Crippen MR) is 134 cm³/mol. The summed E-state index contributed by atoms with van der Waals surface area (Å²) in [7, 11) is 0. The monoisotopic (exact) mass is 460 g/mol. The second-order valence-corrected chi connectivity index (χ2v) is 9.45. The summed E-state index contributed by atoms with van der Waals surface area (Å²) in [6.07, 6.45) is 1.22. The van der Waals surface area contributed by atoms with Crippen LogP contribution in [0.3, 0.4) is 0 Å². The number of carbonyl (C=O) groups excluding carboxylic acids is 1. The number of halogens is 1. The molecule has 0 unspecified atom stereocenters. The molecule has 1 aliphatic heterocycles. The molecule has 0 aliphatic carbocycles. The summed E-state index contributed by atoms with van der Waals surface area (Å²) < 4.78 is 12.4. The SMILES string of the molecule is CC(C)c1cccc(C(C)C)c1OC(=O)[C@@H]1OC(c2ccc(Cl)cc2)=C[C@H]1c1ccccc1. The van der Waals surface area contributed by atoms with Gasteiger partial charge in [-0.25, -0.2) is 4.79 Å². The number of para-hydroxylation sites is 1. The molecule has 0 N–H and O–H groups in total. The summed E-state index contributed by atoms with van der Waals surface area (Å²) in [6, 6.07) is 23.4.